The van der Waals surface area contributed by atoms with Crippen molar-refractivity contribution >= 4 is 23.7 Å². The molecule has 1 aromatic rings. The molecule has 1 aromatic carbocycles. The second kappa shape index (κ2) is 8.22. The predicted molar refractivity (Wildman–Crippen MR) is 90.2 cm³/mol. The zero-order chi connectivity index (χ0) is 15.9. The van der Waals surface area contributed by atoms with Crippen LogP contribution in [0, 0.1) is 13.8 Å². The van der Waals surface area contributed by atoms with Crippen molar-refractivity contribution in [3.05, 3.63) is 29.3 Å². The van der Waals surface area contributed by atoms with E-state index in [0.717, 1.165) is 30.6 Å². The van der Waals surface area contributed by atoms with E-state index in [1.165, 1.54) is 29.3 Å². The van der Waals surface area contributed by atoms with E-state index < -0.39 is 0 Å². The standard InChI is InChI=1S/C17H24N2O2S/c1-12-8-9-15(10-13(12)2)22-11-16(20)19-17(21)18-14-6-4-3-5-7-14/h8-10,14H,3-7,11H2,1-2H3,(H2,18,19,20,21). The zero-order valence-electron chi connectivity index (χ0n) is 13.3. The van der Waals surface area contributed by atoms with Crippen molar-refractivity contribution in [1.82, 2.24) is 10.6 Å². The molecule has 0 unspecified atom stereocenters. The molecule has 2 rings (SSSR count). The summed E-state index contributed by atoms with van der Waals surface area (Å²) >= 11 is 1.45. The molecule has 0 saturated heterocycles. The van der Waals surface area contributed by atoms with Gasteiger partial charge in [-0.1, -0.05) is 25.3 Å². The molecule has 3 amide bonds. The summed E-state index contributed by atoms with van der Waals surface area (Å²) in [6.07, 6.45) is 5.58. The summed E-state index contributed by atoms with van der Waals surface area (Å²) in [7, 11) is 0. The van der Waals surface area contributed by atoms with E-state index in [9.17, 15) is 9.59 Å². The lowest BCUT2D eigenvalue weighted by Crippen LogP contribution is -2.45. The summed E-state index contributed by atoms with van der Waals surface area (Å²) < 4.78 is 0. The molecule has 0 spiro atoms. The van der Waals surface area contributed by atoms with Crippen LogP contribution in [0.3, 0.4) is 0 Å². The summed E-state index contributed by atoms with van der Waals surface area (Å²) in [5.41, 5.74) is 2.45. The Balaban J connectivity index is 1.72. The highest BCUT2D eigenvalue weighted by atomic mass is 32.2. The van der Waals surface area contributed by atoms with Gasteiger partial charge in [-0.3, -0.25) is 10.1 Å². The van der Waals surface area contributed by atoms with Crippen molar-refractivity contribution in [2.24, 2.45) is 0 Å². The van der Waals surface area contributed by atoms with Gasteiger partial charge in [0.25, 0.3) is 0 Å². The number of benzene rings is 1. The summed E-state index contributed by atoms with van der Waals surface area (Å²) in [5.74, 6) is -0.00262. The highest BCUT2D eigenvalue weighted by molar-refractivity contribution is 8.00. The molecule has 0 atom stereocenters. The van der Waals surface area contributed by atoms with Gasteiger partial charge in [0, 0.05) is 10.9 Å². The van der Waals surface area contributed by atoms with Crippen LogP contribution in [0.4, 0.5) is 4.79 Å². The Bertz CT molecular complexity index is 539. The van der Waals surface area contributed by atoms with Crippen LogP contribution in [0.2, 0.25) is 0 Å². The minimum absolute atomic E-state index is 0.217. The zero-order valence-corrected chi connectivity index (χ0v) is 14.1. The van der Waals surface area contributed by atoms with Gasteiger partial charge in [0.15, 0.2) is 0 Å². The maximum atomic E-state index is 11.8. The van der Waals surface area contributed by atoms with E-state index in [2.05, 4.69) is 30.5 Å². The Labute approximate surface area is 136 Å². The molecular weight excluding hydrogens is 296 g/mol. The van der Waals surface area contributed by atoms with E-state index in [1.807, 2.05) is 12.1 Å². The lowest BCUT2D eigenvalue weighted by atomic mass is 9.96. The Hall–Kier alpha value is -1.49. The van der Waals surface area contributed by atoms with Gasteiger partial charge in [0.05, 0.1) is 5.75 Å². The van der Waals surface area contributed by atoms with Crippen LogP contribution in [-0.4, -0.2) is 23.7 Å². The first-order valence-electron chi connectivity index (χ1n) is 7.85. The fraction of sp³-hybridized carbons (Fsp3) is 0.529. The van der Waals surface area contributed by atoms with Crippen molar-refractivity contribution < 1.29 is 9.59 Å². The summed E-state index contributed by atoms with van der Waals surface area (Å²) in [6, 6.07) is 5.97. The van der Waals surface area contributed by atoms with Gasteiger partial charge >= 0.3 is 6.03 Å². The third-order valence-corrected chi connectivity index (χ3v) is 5.04. The number of hydrogen-bond acceptors (Lipinski definition) is 3. The lowest BCUT2D eigenvalue weighted by molar-refractivity contribution is -0.117. The smallest absolute Gasteiger partial charge is 0.321 e. The molecule has 1 saturated carbocycles. The second-order valence-corrected chi connectivity index (χ2v) is 6.94. The average molecular weight is 320 g/mol. The van der Waals surface area contributed by atoms with Crippen LogP contribution in [0.5, 0.6) is 0 Å². The normalized spacial score (nSPS) is 15.4. The number of rotatable bonds is 4. The van der Waals surface area contributed by atoms with Gasteiger partial charge in [0.1, 0.15) is 0 Å². The van der Waals surface area contributed by atoms with Gasteiger partial charge in [0.2, 0.25) is 5.91 Å². The maximum absolute atomic E-state index is 11.8. The first-order chi connectivity index (χ1) is 10.5. The number of nitrogens with one attached hydrogen (secondary N) is 2. The molecule has 1 aliphatic rings. The monoisotopic (exact) mass is 320 g/mol. The number of thioether (sulfide) groups is 1. The molecule has 5 heteroatoms. The third-order valence-electron chi connectivity index (χ3n) is 4.04. The van der Waals surface area contributed by atoms with Crippen molar-refractivity contribution in [1.29, 1.82) is 0 Å². The van der Waals surface area contributed by atoms with Gasteiger partial charge in [-0.2, -0.15) is 0 Å². The molecule has 0 heterocycles. The fourth-order valence-corrected chi connectivity index (χ4v) is 3.38. The molecule has 2 N–H and O–H groups in total. The van der Waals surface area contributed by atoms with Gasteiger partial charge < -0.3 is 5.32 Å². The summed E-state index contributed by atoms with van der Waals surface area (Å²) in [6.45, 7) is 4.11. The molecule has 22 heavy (non-hydrogen) atoms. The number of carbonyl (C=O) groups is 2. The highest BCUT2D eigenvalue weighted by Gasteiger charge is 2.16. The molecule has 0 bridgehead atoms. The number of imide groups is 1. The number of amides is 3. The molecule has 120 valence electrons. The van der Waals surface area contributed by atoms with Crippen LogP contribution >= 0.6 is 11.8 Å². The van der Waals surface area contributed by atoms with Crippen LogP contribution in [-0.2, 0) is 4.79 Å². The first kappa shape index (κ1) is 16.9. The van der Waals surface area contributed by atoms with Gasteiger partial charge in [-0.25, -0.2) is 4.79 Å². The molecule has 0 aromatic heterocycles. The number of urea groups is 1. The Morgan fingerprint density at radius 1 is 1.14 bits per heavy atom. The number of carbonyl (C=O) groups excluding carboxylic acids is 2. The van der Waals surface area contributed by atoms with E-state index in [1.54, 1.807) is 0 Å². The summed E-state index contributed by atoms with van der Waals surface area (Å²) in [5, 5.41) is 5.30. The Morgan fingerprint density at radius 3 is 2.55 bits per heavy atom. The van der Waals surface area contributed by atoms with Crippen LogP contribution in [0.25, 0.3) is 0 Å². The van der Waals surface area contributed by atoms with E-state index >= 15 is 0 Å². The minimum Gasteiger partial charge on any atom is -0.335 e. The fourth-order valence-electron chi connectivity index (χ4n) is 2.58. The number of aryl methyl sites for hydroxylation is 2. The molecule has 0 aliphatic heterocycles. The summed E-state index contributed by atoms with van der Waals surface area (Å²) in [4.78, 5) is 24.7. The molecule has 4 nitrogen and oxygen atoms in total. The van der Waals surface area contributed by atoms with Gasteiger partial charge in [-0.05, 0) is 49.9 Å². The Kier molecular flexibility index (Phi) is 6.31. The largest absolute Gasteiger partial charge is 0.335 e. The van der Waals surface area contributed by atoms with Crippen molar-refractivity contribution in [3.8, 4) is 0 Å². The third kappa shape index (κ3) is 5.37. The second-order valence-electron chi connectivity index (χ2n) is 5.89. The first-order valence-corrected chi connectivity index (χ1v) is 8.83. The molecule has 1 fully saturated rings. The highest BCUT2D eigenvalue weighted by Crippen LogP contribution is 2.21. The molecular formula is C17H24N2O2S. The maximum Gasteiger partial charge on any atom is 0.321 e. The average Bonchev–Trinajstić information content (AvgIpc) is 2.49. The Morgan fingerprint density at radius 2 is 1.86 bits per heavy atom. The lowest BCUT2D eigenvalue weighted by Gasteiger charge is -2.22. The topological polar surface area (TPSA) is 58.2 Å². The van der Waals surface area contributed by atoms with E-state index in [-0.39, 0.29) is 23.7 Å². The van der Waals surface area contributed by atoms with E-state index in [0.29, 0.717) is 0 Å². The van der Waals surface area contributed by atoms with Crippen molar-refractivity contribution in [3.63, 3.8) is 0 Å². The number of hydrogen-bond donors (Lipinski definition) is 2. The van der Waals surface area contributed by atoms with Crippen molar-refractivity contribution in [2.45, 2.75) is 56.9 Å². The van der Waals surface area contributed by atoms with Crippen LogP contribution in [0.15, 0.2) is 23.1 Å². The molecule has 1 aliphatic carbocycles. The van der Waals surface area contributed by atoms with Crippen LogP contribution < -0.4 is 10.6 Å². The quantitative estimate of drug-likeness (QED) is 0.834. The molecule has 0 radical (unpaired) electrons. The van der Waals surface area contributed by atoms with E-state index in [4.69, 9.17) is 0 Å². The van der Waals surface area contributed by atoms with Crippen LogP contribution in [0.1, 0.15) is 43.2 Å². The minimum atomic E-state index is -0.363. The SMILES string of the molecule is Cc1ccc(SCC(=O)NC(=O)NC2CCCCC2)cc1C. The predicted octanol–water partition coefficient (Wildman–Crippen LogP) is 3.55. The van der Waals surface area contributed by atoms with Crippen molar-refractivity contribution in [2.75, 3.05) is 5.75 Å². The van der Waals surface area contributed by atoms with Gasteiger partial charge in [-0.15, -0.1) is 11.8 Å².